The Morgan fingerprint density at radius 2 is 2.00 bits per heavy atom. The average Bonchev–Trinajstić information content (AvgIpc) is 3.37. The van der Waals surface area contributed by atoms with Crippen LogP contribution < -0.4 is 10.6 Å². The van der Waals surface area contributed by atoms with Crippen LogP contribution in [0.15, 0.2) is 35.3 Å². The van der Waals surface area contributed by atoms with Gasteiger partial charge in [-0.05, 0) is 51.6 Å². The first kappa shape index (κ1) is 17.8. The number of nitrogens with zero attached hydrogens (tertiary/aromatic N) is 2. The molecule has 23 heavy (non-hydrogen) atoms. The molecule has 1 atom stereocenters. The number of benzene rings is 1. The molecule has 0 aliphatic heterocycles. The fourth-order valence-corrected chi connectivity index (χ4v) is 2.51. The van der Waals surface area contributed by atoms with Crippen LogP contribution in [-0.2, 0) is 6.54 Å². The maximum absolute atomic E-state index is 4.67. The van der Waals surface area contributed by atoms with E-state index in [4.69, 9.17) is 0 Å². The zero-order valence-electron chi connectivity index (χ0n) is 14.9. The first-order valence-electron chi connectivity index (χ1n) is 8.95. The van der Waals surface area contributed by atoms with Gasteiger partial charge in [-0.15, -0.1) is 0 Å². The normalized spacial score (nSPS) is 16.4. The maximum Gasteiger partial charge on any atom is 0.191 e. The molecule has 1 unspecified atom stereocenters. The molecular formula is C19H32N4. The van der Waals surface area contributed by atoms with Crippen molar-refractivity contribution in [3.63, 3.8) is 0 Å². The molecule has 1 aromatic carbocycles. The molecule has 0 saturated heterocycles. The van der Waals surface area contributed by atoms with Gasteiger partial charge in [-0.2, -0.15) is 0 Å². The van der Waals surface area contributed by atoms with Gasteiger partial charge in [-0.25, -0.2) is 0 Å². The largest absolute Gasteiger partial charge is 0.357 e. The number of nitrogens with one attached hydrogen (secondary N) is 2. The molecule has 2 N–H and O–H groups in total. The number of guanidine groups is 1. The molecule has 4 nitrogen and oxygen atoms in total. The average molecular weight is 316 g/mol. The Labute approximate surface area is 141 Å². The van der Waals surface area contributed by atoms with Crippen LogP contribution in [0.1, 0.15) is 38.7 Å². The highest BCUT2D eigenvalue weighted by Gasteiger charge is 2.20. The van der Waals surface area contributed by atoms with Crippen LogP contribution >= 0.6 is 0 Å². The van der Waals surface area contributed by atoms with Crippen molar-refractivity contribution in [2.75, 3.05) is 26.7 Å². The Morgan fingerprint density at radius 3 is 2.65 bits per heavy atom. The second kappa shape index (κ2) is 9.56. The molecule has 1 fully saturated rings. The topological polar surface area (TPSA) is 39.7 Å². The van der Waals surface area contributed by atoms with Crippen LogP contribution in [-0.4, -0.2) is 43.6 Å². The van der Waals surface area contributed by atoms with Gasteiger partial charge in [0.15, 0.2) is 5.96 Å². The number of rotatable bonds is 9. The molecule has 0 bridgehead atoms. The van der Waals surface area contributed by atoms with E-state index in [2.05, 4.69) is 71.8 Å². The van der Waals surface area contributed by atoms with Crippen LogP contribution in [0.25, 0.3) is 0 Å². The van der Waals surface area contributed by atoms with Crippen molar-refractivity contribution in [2.24, 2.45) is 10.9 Å². The fourth-order valence-electron chi connectivity index (χ4n) is 2.51. The van der Waals surface area contributed by atoms with Crippen molar-refractivity contribution in [3.8, 4) is 0 Å². The summed E-state index contributed by atoms with van der Waals surface area (Å²) in [6.45, 7) is 8.25. The highest BCUT2D eigenvalue weighted by atomic mass is 15.2. The molecule has 0 spiro atoms. The Balaban J connectivity index is 1.69. The Kier molecular flexibility index (Phi) is 7.40. The fraction of sp³-hybridized carbons (Fsp3) is 0.632. The first-order valence-corrected chi connectivity index (χ1v) is 8.95. The molecule has 2 rings (SSSR count). The van der Waals surface area contributed by atoms with Gasteiger partial charge in [0.05, 0.1) is 0 Å². The zero-order chi connectivity index (χ0) is 16.5. The molecule has 0 aromatic heterocycles. The van der Waals surface area contributed by atoms with E-state index in [9.17, 15) is 0 Å². The number of hydrogen-bond donors (Lipinski definition) is 2. The summed E-state index contributed by atoms with van der Waals surface area (Å²) in [6.07, 6.45) is 3.81. The van der Waals surface area contributed by atoms with Gasteiger partial charge in [0.2, 0.25) is 0 Å². The third-order valence-corrected chi connectivity index (χ3v) is 4.43. The van der Waals surface area contributed by atoms with Gasteiger partial charge < -0.3 is 10.6 Å². The van der Waals surface area contributed by atoms with E-state index in [1.165, 1.54) is 18.4 Å². The molecule has 4 heteroatoms. The van der Waals surface area contributed by atoms with E-state index in [-0.39, 0.29) is 0 Å². The summed E-state index contributed by atoms with van der Waals surface area (Å²) in [7, 11) is 2.20. The minimum atomic E-state index is 0.536. The predicted molar refractivity (Wildman–Crippen MR) is 98.7 cm³/mol. The predicted octanol–water partition coefficient (Wildman–Crippen LogP) is 2.86. The highest BCUT2D eigenvalue weighted by Crippen LogP contribution is 2.28. The summed E-state index contributed by atoms with van der Waals surface area (Å²) < 4.78 is 0. The minimum absolute atomic E-state index is 0.536. The van der Waals surface area contributed by atoms with E-state index in [1.807, 2.05) is 0 Å². The lowest BCUT2D eigenvalue weighted by Gasteiger charge is -2.25. The molecule has 0 radical (unpaired) electrons. The summed E-state index contributed by atoms with van der Waals surface area (Å²) in [6, 6.07) is 11.2. The molecule has 1 aromatic rings. The highest BCUT2D eigenvalue weighted by molar-refractivity contribution is 5.79. The summed E-state index contributed by atoms with van der Waals surface area (Å²) >= 11 is 0. The smallest absolute Gasteiger partial charge is 0.191 e. The van der Waals surface area contributed by atoms with Crippen LogP contribution in [0.3, 0.4) is 0 Å². The van der Waals surface area contributed by atoms with Gasteiger partial charge >= 0.3 is 0 Å². The van der Waals surface area contributed by atoms with Crippen molar-refractivity contribution >= 4 is 5.96 Å². The lowest BCUT2D eigenvalue weighted by Crippen LogP contribution is -2.40. The number of aliphatic imine (C=N–C) groups is 1. The van der Waals surface area contributed by atoms with E-state index in [0.29, 0.717) is 6.04 Å². The van der Waals surface area contributed by atoms with Crippen LogP contribution in [0.4, 0.5) is 0 Å². The quantitative estimate of drug-likeness (QED) is 0.543. The third kappa shape index (κ3) is 7.04. The van der Waals surface area contributed by atoms with Crippen molar-refractivity contribution < 1.29 is 0 Å². The molecule has 1 saturated carbocycles. The Bertz CT molecular complexity index is 468. The molecule has 1 aliphatic carbocycles. The summed E-state index contributed by atoms with van der Waals surface area (Å²) in [5.41, 5.74) is 1.37. The van der Waals surface area contributed by atoms with Gasteiger partial charge in [-0.1, -0.05) is 30.3 Å². The first-order chi connectivity index (χ1) is 11.2. The standard InChI is InChI=1S/C19H32N4/c1-4-20-19(22-14-17-10-11-17)21-13-12-16(2)23(3)15-18-8-6-5-7-9-18/h5-9,16-17H,4,10-15H2,1-3H3,(H2,20,21,22). The van der Waals surface area contributed by atoms with Gasteiger partial charge in [0.1, 0.15) is 0 Å². The van der Waals surface area contributed by atoms with Gasteiger partial charge in [-0.3, -0.25) is 9.89 Å². The molecule has 0 heterocycles. The summed E-state index contributed by atoms with van der Waals surface area (Å²) in [5, 5.41) is 6.80. The monoisotopic (exact) mass is 316 g/mol. The Morgan fingerprint density at radius 1 is 1.26 bits per heavy atom. The summed E-state index contributed by atoms with van der Waals surface area (Å²) in [4.78, 5) is 7.07. The van der Waals surface area contributed by atoms with Crippen molar-refractivity contribution in [1.29, 1.82) is 0 Å². The van der Waals surface area contributed by atoms with E-state index in [0.717, 1.165) is 44.5 Å². The zero-order valence-corrected chi connectivity index (χ0v) is 14.9. The molecule has 0 amide bonds. The van der Waals surface area contributed by atoms with E-state index < -0.39 is 0 Å². The van der Waals surface area contributed by atoms with Crippen molar-refractivity contribution in [3.05, 3.63) is 35.9 Å². The minimum Gasteiger partial charge on any atom is -0.357 e. The summed E-state index contributed by atoms with van der Waals surface area (Å²) in [5.74, 6) is 1.80. The third-order valence-electron chi connectivity index (χ3n) is 4.43. The molecule has 128 valence electrons. The molecular weight excluding hydrogens is 284 g/mol. The van der Waals surface area contributed by atoms with Crippen molar-refractivity contribution in [2.45, 2.75) is 45.7 Å². The van der Waals surface area contributed by atoms with Crippen molar-refractivity contribution in [1.82, 2.24) is 15.5 Å². The van der Waals surface area contributed by atoms with Crippen LogP contribution in [0, 0.1) is 5.92 Å². The van der Waals surface area contributed by atoms with Crippen LogP contribution in [0.2, 0.25) is 0 Å². The van der Waals surface area contributed by atoms with Gasteiger partial charge in [0.25, 0.3) is 0 Å². The lowest BCUT2D eigenvalue weighted by molar-refractivity contribution is 0.238. The lowest BCUT2D eigenvalue weighted by atomic mass is 10.1. The second-order valence-corrected chi connectivity index (χ2v) is 6.63. The van der Waals surface area contributed by atoms with E-state index in [1.54, 1.807) is 0 Å². The molecule has 1 aliphatic rings. The van der Waals surface area contributed by atoms with Gasteiger partial charge in [0, 0.05) is 32.2 Å². The number of hydrogen-bond acceptors (Lipinski definition) is 2. The SMILES string of the molecule is CCNC(=NCC1CC1)NCCC(C)N(C)Cc1ccccc1. The maximum atomic E-state index is 4.67. The Hall–Kier alpha value is -1.55. The van der Waals surface area contributed by atoms with E-state index >= 15 is 0 Å². The van der Waals surface area contributed by atoms with Crippen LogP contribution in [0.5, 0.6) is 0 Å². The second-order valence-electron chi connectivity index (χ2n) is 6.63.